The predicted octanol–water partition coefficient (Wildman–Crippen LogP) is 3.26. The molecule has 1 aromatic carbocycles. The van der Waals surface area contributed by atoms with E-state index in [1.165, 1.54) is 24.9 Å². The Morgan fingerprint density at radius 2 is 2.00 bits per heavy atom. The summed E-state index contributed by atoms with van der Waals surface area (Å²) in [6, 6.07) is 9.02. The lowest BCUT2D eigenvalue weighted by Gasteiger charge is -2.25. The Kier molecular flexibility index (Phi) is 5.23. The molecule has 1 heterocycles. The number of methoxy groups -OCH3 is 1. The third-order valence-corrected chi connectivity index (χ3v) is 3.69. The SMILES string of the molecule is COc1ccc(C2CCCN2CCOC(C)C)cc1. The highest BCUT2D eigenvalue weighted by atomic mass is 16.5. The lowest BCUT2D eigenvalue weighted by molar-refractivity contribution is 0.0563. The number of hydrogen-bond acceptors (Lipinski definition) is 3. The van der Waals surface area contributed by atoms with Crippen molar-refractivity contribution in [1.82, 2.24) is 4.90 Å². The molecule has 19 heavy (non-hydrogen) atoms. The Balaban J connectivity index is 1.93. The van der Waals surface area contributed by atoms with Gasteiger partial charge in [0.2, 0.25) is 0 Å². The molecule has 1 atom stereocenters. The van der Waals surface area contributed by atoms with Crippen LogP contribution in [0.5, 0.6) is 5.75 Å². The molecule has 1 saturated heterocycles. The number of benzene rings is 1. The second-order valence-corrected chi connectivity index (χ2v) is 5.39. The lowest BCUT2D eigenvalue weighted by Crippen LogP contribution is -2.28. The fourth-order valence-electron chi connectivity index (χ4n) is 2.70. The van der Waals surface area contributed by atoms with Crippen molar-refractivity contribution in [1.29, 1.82) is 0 Å². The predicted molar refractivity (Wildman–Crippen MR) is 77.6 cm³/mol. The van der Waals surface area contributed by atoms with Gasteiger partial charge in [0.05, 0.1) is 19.8 Å². The molecule has 0 radical (unpaired) electrons. The zero-order valence-electron chi connectivity index (χ0n) is 12.3. The van der Waals surface area contributed by atoms with Crippen LogP contribution in [0.25, 0.3) is 0 Å². The van der Waals surface area contributed by atoms with Crippen LogP contribution in [-0.2, 0) is 4.74 Å². The molecule has 0 bridgehead atoms. The van der Waals surface area contributed by atoms with E-state index in [-0.39, 0.29) is 0 Å². The maximum atomic E-state index is 5.66. The molecule has 0 spiro atoms. The molecule has 3 nitrogen and oxygen atoms in total. The molecule has 0 aliphatic carbocycles. The van der Waals surface area contributed by atoms with Gasteiger partial charge in [0.15, 0.2) is 0 Å². The fraction of sp³-hybridized carbons (Fsp3) is 0.625. The average molecular weight is 263 g/mol. The summed E-state index contributed by atoms with van der Waals surface area (Å²) in [7, 11) is 1.71. The first-order valence-corrected chi connectivity index (χ1v) is 7.20. The first-order chi connectivity index (χ1) is 9.20. The number of likely N-dealkylation sites (tertiary alicyclic amines) is 1. The van der Waals surface area contributed by atoms with Crippen molar-refractivity contribution in [3.63, 3.8) is 0 Å². The van der Waals surface area contributed by atoms with Gasteiger partial charge in [-0.3, -0.25) is 4.90 Å². The summed E-state index contributed by atoms with van der Waals surface area (Å²) in [6.07, 6.45) is 2.84. The van der Waals surface area contributed by atoms with Crippen molar-refractivity contribution in [3.05, 3.63) is 29.8 Å². The molecule has 106 valence electrons. The number of hydrogen-bond donors (Lipinski definition) is 0. The van der Waals surface area contributed by atoms with E-state index in [9.17, 15) is 0 Å². The maximum absolute atomic E-state index is 5.66. The van der Waals surface area contributed by atoms with Crippen LogP contribution in [0.2, 0.25) is 0 Å². The molecular formula is C16H25NO2. The van der Waals surface area contributed by atoms with Gasteiger partial charge in [-0.15, -0.1) is 0 Å². The van der Waals surface area contributed by atoms with Gasteiger partial charge in [0, 0.05) is 12.6 Å². The van der Waals surface area contributed by atoms with Gasteiger partial charge >= 0.3 is 0 Å². The van der Waals surface area contributed by atoms with E-state index in [1.54, 1.807) is 7.11 Å². The maximum Gasteiger partial charge on any atom is 0.118 e. The van der Waals surface area contributed by atoms with Gasteiger partial charge < -0.3 is 9.47 Å². The summed E-state index contributed by atoms with van der Waals surface area (Å²) in [5.74, 6) is 0.927. The highest BCUT2D eigenvalue weighted by Gasteiger charge is 2.25. The summed E-state index contributed by atoms with van der Waals surface area (Å²) in [4.78, 5) is 2.53. The summed E-state index contributed by atoms with van der Waals surface area (Å²) >= 11 is 0. The number of rotatable bonds is 6. The second kappa shape index (κ2) is 6.92. The van der Waals surface area contributed by atoms with Crippen molar-refractivity contribution in [2.45, 2.75) is 38.8 Å². The Labute approximate surface area is 116 Å². The Bertz CT molecular complexity index is 375. The van der Waals surface area contributed by atoms with E-state index in [0.717, 1.165) is 18.9 Å². The molecule has 1 aliphatic rings. The molecule has 3 heteroatoms. The average Bonchev–Trinajstić information content (AvgIpc) is 2.87. The lowest BCUT2D eigenvalue weighted by atomic mass is 10.0. The standard InChI is InChI=1S/C16H25NO2/c1-13(2)19-12-11-17-10-4-5-16(17)14-6-8-15(18-3)9-7-14/h6-9,13,16H,4-5,10-12H2,1-3H3. The van der Waals surface area contributed by atoms with Gasteiger partial charge in [-0.25, -0.2) is 0 Å². The first-order valence-electron chi connectivity index (χ1n) is 7.20. The van der Waals surface area contributed by atoms with Crippen LogP contribution in [0.1, 0.15) is 38.3 Å². The zero-order chi connectivity index (χ0) is 13.7. The van der Waals surface area contributed by atoms with E-state index in [4.69, 9.17) is 9.47 Å². The Morgan fingerprint density at radius 1 is 1.26 bits per heavy atom. The molecule has 2 rings (SSSR count). The topological polar surface area (TPSA) is 21.7 Å². The normalized spacial score (nSPS) is 20.1. The molecule has 0 saturated carbocycles. The summed E-state index contributed by atoms with van der Waals surface area (Å²) in [6.45, 7) is 7.20. The van der Waals surface area contributed by atoms with Crippen molar-refractivity contribution in [2.75, 3.05) is 26.8 Å². The summed E-state index contributed by atoms with van der Waals surface area (Å²) in [5.41, 5.74) is 1.39. The van der Waals surface area contributed by atoms with E-state index in [1.807, 2.05) is 0 Å². The van der Waals surface area contributed by atoms with Crippen molar-refractivity contribution in [2.24, 2.45) is 0 Å². The Hall–Kier alpha value is -1.06. The number of nitrogens with zero attached hydrogens (tertiary/aromatic N) is 1. The first kappa shape index (κ1) is 14.4. The van der Waals surface area contributed by atoms with E-state index < -0.39 is 0 Å². The quantitative estimate of drug-likeness (QED) is 0.786. The van der Waals surface area contributed by atoms with Crippen molar-refractivity contribution in [3.8, 4) is 5.75 Å². The minimum Gasteiger partial charge on any atom is -0.497 e. The van der Waals surface area contributed by atoms with E-state index in [0.29, 0.717) is 12.1 Å². The van der Waals surface area contributed by atoms with E-state index >= 15 is 0 Å². The Morgan fingerprint density at radius 3 is 2.63 bits per heavy atom. The van der Waals surface area contributed by atoms with Crippen LogP contribution in [0.3, 0.4) is 0 Å². The van der Waals surface area contributed by atoms with Crippen LogP contribution in [0, 0.1) is 0 Å². The van der Waals surface area contributed by atoms with Gasteiger partial charge in [-0.05, 0) is 50.9 Å². The van der Waals surface area contributed by atoms with Crippen LogP contribution in [0.4, 0.5) is 0 Å². The van der Waals surface area contributed by atoms with Gasteiger partial charge in [-0.1, -0.05) is 12.1 Å². The molecule has 1 unspecified atom stereocenters. The molecule has 1 fully saturated rings. The monoisotopic (exact) mass is 263 g/mol. The van der Waals surface area contributed by atoms with Gasteiger partial charge in [0.1, 0.15) is 5.75 Å². The zero-order valence-corrected chi connectivity index (χ0v) is 12.3. The van der Waals surface area contributed by atoms with Crippen molar-refractivity contribution >= 4 is 0 Å². The molecular weight excluding hydrogens is 238 g/mol. The van der Waals surface area contributed by atoms with Crippen LogP contribution in [-0.4, -0.2) is 37.8 Å². The third kappa shape index (κ3) is 3.95. The van der Waals surface area contributed by atoms with Crippen LogP contribution in [0.15, 0.2) is 24.3 Å². The largest absolute Gasteiger partial charge is 0.497 e. The molecule has 0 aromatic heterocycles. The minimum absolute atomic E-state index is 0.321. The van der Waals surface area contributed by atoms with Crippen LogP contribution >= 0.6 is 0 Å². The highest BCUT2D eigenvalue weighted by Crippen LogP contribution is 2.32. The third-order valence-electron chi connectivity index (χ3n) is 3.69. The summed E-state index contributed by atoms with van der Waals surface area (Å²) in [5, 5.41) is 0. The molecule has 0 N–H and O–H groups in total. The van der Waals surface area contributed by atoms with Crippen LogP contribution < -0.4 is 4.74 Å². The fourth-order valence-corrected chi connectivity index (χ4v) is 2.70. The summed E-state index contributed by atoms with van der Waals surface area (Å²) < 4.78 is 10.9. The second-order valence-electron chi connectivity index (χ2n) is 5.39. The smallest absolute Gasteiger partial charge is 0.118 e. The molecule has 1 aliphatic heterocycles. The minimum atomic E-state index is 0.321. The number of ether oxygens (including phenoxy) is 2. The van der Waals surface area contributed by atoms with Gasteiger partial charge in [0.25, 0.3) is 0 Å². The highest BCUT2D eigenvalue weighted by molar-refractivity contribution is 5.29. The van der Waals surface area contributed by atoms with Crippen molar-refractivity contribution < 1.29 is 9.47 Å². The molecule has 0 amide bonds. The molecule has 1 aromatic rings. The van der Waals surface area contributed by atoms with E-state index in [2.05, 4.69) is 43.0 Å². The van der Waals surface area contributed by atoms with Gasteiger partial charge in [-0.2, -0.15) is 0 Å².